The van der Waals surface area contributed by atoms with E-state index in [1.165, 1.54) is 7.05 Å². The van der Waals surface area contributed by atoms with E-state index >= 15 is 0 Å². The highest BCUT2D eigenvalue weighted by Crippen LogP contribution is 2.26. The van der Waals surface area contributed by atoms with Crippen molar-refractivity contribution in [3.8, 4) is 11.1 Å². The lowest BCUT2D eigenvalue weighted by molar-refractivity contribution is 0.0688. The molecule has 2 aromatic rings. The highest BCUT2D eigenvalue weighted by atomic mass is 35.5. The number of carboxylic acid groups (broad SMARTS) is 1. The summed E-state index contributed by atoms with van der Waals surface area (Å²) >= 11 is 5.96. The number of carbonyl (C=O) groups is 1. The quantitative estimate of drug-likeness (QED) is 0.898. The van der Waals surface area contributed by atoms with E-state index in [0.717, 1.165) is 4.68 Å². The van der Waals surface area contributed by atoms with Crippen molar-refractivity contribution in [2.75, 3.05) is 0 Å². The maximum Gasteiger partial charge on any atom is 0.357 e. The molecule has 0 aliphatic heterocycles. The summed E-state index contributed by atoms with van der Waals surface area (Å²) in [7, 11) is 1.39. The average Bonchev–Trinajstić information content (AvgIpc) is 2.35. The Morgan fingerprint density at radius 2 is 1.94 bits per heavy atom. The van der Waals surface area contributed by atoms with E-state index in [9.17, 15) is 9.59 Å². The highest BCUT2D eigenvalue weighted by molar-refractivity contribution is 6.35. The molecule has 0 bridgehead atoms. The van der Waals surface area contributed by atoms with Gasteiger partial charge in [-0.1, -0.05) is 41.9 Å². The number of rotatable bonds is 2. The number of nitrogens with zero attached hydrogens (tertiary/aromatic N) is 2. The summed E-state index contributed by atoms with van der Waals surface area (Å²) in [5.74, 6) is -1.27. The summed E-state index contributed by atoms with van der Waals surface area (Å²) in [6, 6.07) is 8.65. The van der Waals surface area contributed by atoms with Crippen LogP contribution in [-0.4, -0.2) is 20.9 Å². The molecule has 0 aliphatic carbocycles. The lowest BCUT2D eigenvalue weighted by atomic mass is 10.1. The second kappa shape index (κ2) is 4.62. The molecule has 0 saturated carbocycles. The zero-order valence-electron chi connectivity index (χ0n) is 9.42. The Bertz CT molecular complexity index is 665. The Labute approximate surface area is 107 Å². The number of carboxylic acids is 1. The van der Waals surface area contributed by atoms with Crippen LogP contribution in [-0.2, 0) is 7.05 Å². The average molecular weight is 265 g/mol. The number of hydrogen-bond acceptors (Lipinski definition) is 3. The fraction of sp³-hybridized carbons (Fsp3) is 0.0833. The maximum absolute atomic E-state index is 12.0. The normalized spacial score (nSPS) is 10.3. The maximum atomic E-state index is 12.0. The fourth-order valence-corrected chi connectivity index (χ4v) is 1.91. The molecule has 0 atom stereocenters. The van der Waals surface area contributed by atoms with Crippen LogP contribution in [0.5, 0.6) is 0 Å². The van der Waals surface area contributed by atoms with Gasteiger partial charge in [0.2, 0.25) is 0 Å². The van der Waals surface area contributed by atoms with Crippen molar-refractivity contribution < 1.29 is 9.90 Å². The van der Waals surface area contributed by atoms with E-state index in [-0.39, 0.29) is 16.3 Å². The van der Waals surface area contributed by atoms with Gasteiger partial charge < -0.3 is 5.11 Å². The van der Waals surface area contributed by atoms with Crippen LogP contribution in [0.3, 0.4) is 0 Å². The molecule has 92 valence electrons. The van der Waals surface area contributed by atoms with Gasteiger partial charge in [-0.05, 0) is 5.56 Å². The van der Waals surface area contributed by atoms with Gasteiger partial charge in [-0.3, -0.25) is 4.79 Å². The van der Waals surface area contributed by atoms with Crippen molar-refractivity contribution in [2.24, 2.45) is 7.05 Å². The van der Waals surface area contributed by atoms with Crippen LogP contribution < -0.4 is 5.56 Å². The lowest BCUT2D eigenvalue weighted by Gasteiger charge is -2.08. The zero-order valence-corrected chi connectivity index (χ0v) is 10.2. The second-order valence-corrected chi connectivity index (χ2v) is 4.02. The molecule has 0 spiro atoms. The lowest BCUT2D eigenvalue weighted by Crippen LogP contribution is -2.25. The number of benzene rings is 1. The van der Waals surface area contributed by atoms with Crippen LogP contribution in [0.25, 0.3) is 11.1 Å². The van der Waals surface area contributed by atoms with Crippen molar-refractivity contribution in [3.63, 3.8) is 0 Å². The van der Waals surface area contributed by atoms with E-state index < -0.39 is 11.5 Å². The van der Waals surface area contributed by atoms with Gasteiger partial charge in [0.05, 0.1) is 10.6 Å². The molecular formula is C12H9ClN2O3. The number of aromatic nitrogens is 2. The van der Waals surface area contributed by atoms with E-state index in [1.807, 2.05) is 0 Å². The Hall–Kier alpha value is -2.14. The summed E-state index contributed by atoms with van der Waals surface area (Å²) in [4.78, 5) is 23.0. The van der Waals surface area contributed by atoms with Crippen LogP contribution in [0, 0.1) is 0 Å². The van der Waals surface area contributed by atoms with Crippen molar-refractivity contribution in [3.05, 3.63) is 51.4 Å². The summed E-state index contributed by atoms with van der Waals surface area (Å²) in [6.45, 7) is 0. The van der Waals surface area contributed by atoms with Gasteiger partial charge in [0.15, 0.2) is 5.69 Å². The molecule has 0 fully saturated rings. The predicted octanol–water partition coefficient (Wildman–Crippen LogP) is 1.80. The summed E-state index contributed by atoms with van der Waals surface area (Å²) < 4.78 is 0.970. The first-order valence-electron chi connectivity index (χ1n) is 5.08. The first-order chi connectivity index (χ1) is 8.52. The first kappa shape index (κ1) is 12.3. The van der Waals surface area contributed by atoms with E-state index in [1.54, 1.807) is 30.3 Å². The van der Waals surface area contributed by atoms with Gasteiger partial charge in [0.25, 0.3) is 5.56 Å². The van der Waals surface area contributed by atoms with Crippen LogP contribution in [0.2, 0.25) is 5.02 Å². The van der Waals surface area contributed by atoms with Crippen molar-refractivity contribution in [1.29, 1.82) is 0 Å². The monoisotopic (exact) mass is 264 g/mol. The standard InChI is InChI=1S/C12H9ClN2O3/c1-15-11(16)8(7-5-3-2-4-6-7)9(13)10(14-15)12(17)18/h2-6H,1H3,(H,17,18). The molecule has 5 nitrogen and oxygen atoms in total. The van der Waals surface area contributed by atoms with Gasteiger partial charge in [-0.25, -0.2) is 9.48 Å². The molecule has 1 heterocycles. The third-order valence-electron chi connectivity index (χ3n) is 2.45. The second-order valence-electron chi connectivity index (χ2n) is 3.64. The van der Waals surface area contributed by atoms with Crippen LogP contribution >= 0.6 is 11.6 Å². The SMILES string of the molecule is Cn1nc(C(=O)O)c(Cl)c(-c2ccccc2)c1=O. The van der Waals surface area contributed by atoms with Crippen LogP contribution in [0.15, 0.2) is 35.1 Å². The first-order valence-corrected chi connectivity index (χ1v) is 5.45. The Kier molecular flexibility index (Phi) is 3.16. The molecule has 1 aromatic carbocycles. The van der Waals surface area contributed by atoms with Gasteiger partial charge >= 0.3 is 5.97 Å². The molecule has 1 aromatic heterocycles. The number of hydrogen-bond donors (Lipinski definition) is 1. The molecule has 0 saturated heterocycles. The van der Waals surface area contributed by atoms with Gasteiger partial charge in [-0.2, -0.15) is 5.10 Å². The molecule has 18 heavy (non-hydrogen) atoms. The number of aryl methyl sites for hydroxylation is 1. The Balaban J connectivity index is 2.82. The fourth-order valence-electron chi connectivity index (χ4n) is 1.61. The zero-order chi connectivity index (χ0) is 13.3. The molecule has 1 N–H and O–H groups in total. The smallest absolute Gasteiger partial charge is 0.357 e. The van der Waals surface area contributed by atoms with E-state index in [4.69, 9.17) is 16.7 Å². The molecule has 6 heteroatoms. The molecule has 2 rings (SSSR count). The Morgan fingerprint density at radius 3 is 2.50 bits per heavy atom. The van der Waals surface area contributed by atoms with Crippen LogP contribution in [0.1, 0.15) is 10.5 Å². The molecular weight excluding hydrogens is 256 g/mol. The summed E-state index contributed by atoms with van der Waals surface area (Å²) in [5.41, 5.74) is -0.0611. The van der Waals surface area contributed by atoms with Crippen LogP contribution in [0.4, 0.5) is 0 Å². The molecule has 0 aliphatic rings. The van der Waals surface area contributed by atoms with E-state index in [0.29, 0.717) is 5.56 Å². The minimum absolute atomic E-state index is 0.142. The summed E-state index contributed by atoms with van der Waals surface area (Å²) in [5, 5.41) is 12.5. The minimum atomic E-state index is -1.27. The van der Waals surface area contributed by atoms with Crippen molar-refractivity contribution in [1.82, 2.24) is 9.78 Å². The van der Waals surface area contributed by atoms with Gasteiger partial charge in [-0.15, -0.1) is 0 Å². The minimum Gasteiger partial charge on any atom is -0.476 e. The third kappa shape index (κ3) is 2.00. The van der Waals surface area contributed by atoms with Crippen molar-refractivity contribution in [2.45, 2.75) is 0 Å². The van der Waals surface area contributed by atoms with Gasteiger partial charge in [0.1, 0.15) is 0 Å². The predicted molar refractivity (Wildman–Crippen MR) is 66.9 cm³/mol. The summed E-state index contributed by atoms with van der Waals surface area (Å²) in [6.07, 6.45) is 0. The molecule has 0 radical (unpaired) electrons. The largest absolute Gasteiger partial charge is 0.476 e. The van der Waals surface area contributed by atoms with Crippen molar-refractivity contribution >= 4 is 17.6 Å². The molecule has 0 amide bonds. The topological polar surface area (TPSA) is 72.2 Å². The van der Waals surface area contributed by atoms with E-state index in [2.05, 4.69) is 5.10 Å². The third-order valence-corrected chi connectivity index (χ3v) is 2.82. The number of halogens is 1. The Morgan fingerprint density at radius 1 is 1.33 bits per heavy atom. The number of aromatic carboxylic acids is 1. The molecule has 0 unspecified atom stereocenters. The highest BCUT2D eigenvalue weighted by Gasteiger charge is 2.20. The van der Waals surface area contributed by atoms with Gasteiger partial charge in [0, 0.05) is 7.05 Å².